The number of nitrogens with one attached hydrogen (secondary N) is 3. The molecular weight excluding hydrogens is 266 g/mol. The Morgan fingerprint density at radius 2 is 2.05 bits per heavy atom. The van der Waals surface area contributed by atoms with E-state index in [4.69, 9.17) is 11.6 Å². The van der Waals surface area contributed by atoms with Crippen LogP contribution in [0.25, 0.3) is 0 Å². The number of carbonyl (C=O) groups is 1. The van der Waals surface area contributed by atoms with E-state index in [-0.39, 0.29) is 12.5 Å². The van der Waals surface area contributed by atoms with E-state index in [0.29, 0.717) is 22.5 Å². The number of fused-ring (bicyclic) bond motifs is 1. The number of anilines is 4. The molecule has 0 aliphatic carbocycles. The van der Waals surface area contributed by atoms with E-state index in [0.717, 1.165) is 5.69 Å². The van der Waals surface area contributed by atoms with Crippen molar-refractivity contribution in [3.63, 3.8) is 0 Å². The predicted molar refractivity (Wildman–Crippen MR) is 73.9 cm³/mol. The third-order valence-electron chi connectivity index (χ3n) is 2.58. The summed E-state index contributed by atoms with van der Waals surface area (Å²) in [4.78, 5) is 19.6. The summed E-state index contributed by atoms with van der Waals surface area (Å²) in [7, 11) is 0. The average Bonchev–Trinajstić information content (AvgIpc) is 2.42. The van der Waals surface area contributed by atoms with Crippen molar-refractivity contribution in [1.29, 1.82) is 0 Å². The van der Waals surface area contributed by atoms with E-state index in [1.165, 1.54) is 0 Å². The molecule has 0 saturated carbocycles. The minimum atomic E-state index is -0.102. The number of aromatic nitrogens is 2. The molecule has 96 valence electrons. The van der Waals surface area contributed by atoms with Crippen molar-refractivity contribution < 1.29 is 4.79 Å². The van der Waals surface area contributed by atoms with E-state index >= 15 is 0 Å². The summed E-state index contributed by atoms with van der Waals surface area (Å²) >= 11 is 5.81. The summed E-state index contributed by atoms with van der Waals surface area (Å²) in [6.45, 7) is 0.213. The van der Waals surface area contributed by atoms with E-state index in [2.05, 4.69) is 25.9 Å². The Morgan fingerprint density at radius 1 is 1.26 bits per heavy atom. The molecule has 0 radical (unpaired) electrons. The molecule has 3 rings (SSSR count). The first-order valence-electron chi connectivity index (χ1n) is 5.64. The van der Waals surface area contributed by atoms with Crippen LogP contribution in [0.5, 0.6) is 0 Å². The molecule has 0 saturated heterocycles. The Bertz CT molecular complexity index is 629. The van der Waals surface area contributed by atoms with Crippen LogP contribution in [-0.4, -0.2) is 22.4 Å². The first-order valence-corrected chi connectivity index (χ1v) is 6.02. The van der Waals surface area contributed by atoms with Crippen LogP contribution >= 0.6 is 11.6 Å². The molecule has 0 fully saturated rings. The molecule has 0 atom stereocenters. The number of hydrogen-bond donors (Lipinski definition) is 3. The van der Waals surface area contributed by atoms with Gasteiger partial charge in [0.25, 0.3) is 0 Å². The Hall–Kier alpha value is -2.34. The lowest BCUT2D eigenvalue weighted by atomic mass is 10.3. The first-order chi connectivity index (χ1) is 9.20. The summed E-state index contributed by atoms with van der Waals surface area (Å²) in [6, 6.07) is 7.22. The summed E-state index contributed by atoms with van der Waals surface area (Å²) in [5, 5.41) is 9.34. The van der Waals surface area contributed by atoms with Gasteiger partial charge in [0.2, 0.25) is 11.9 Å². The molecule has 1 aliphatic heterocycles. The van der Waals surface area contributed by atoms with Crippen molar-refractivity contribution in [2.45, 2.75) is 0 Å². The van der Waals surface area contributed by atoms with Crippen molar-refractivity contribution in [2.75, 3.05) is 22.5 Å². The minimum absolute atomic E-state index is 0.102. The van der Waals surface area contributed by atoms with Crippen LogP contribution in [0, 0.1) is 0 Å². The molecule has 1 aromatic carbocycles. The number of benzene rings is 1. The molecule has 6 nitrogen and oxygen atoms in total. The second kappa shape index (κ2) is 4.74. The van der Waals surface area contributed by atoms with Crippen molar-refractivity contribution >= 4 is 40.6 Å². The molecule has 19 heavy (non-hydrogen) atoms. The molecule has 7 heteroatoms. The Labute approximate surface area is 114 Å². The van der Waals surface area contributed by atoms with Gasteiger partial charge in [-0.25, -0.2) is 4.98 Å². The molecule has 0 bridgehead atoms. The van der Waals surface area contributed by atoms with Gasteiger partial charge in [-0.3, -0.25) is 4.79 Å². The van der Waals surface area contributed by atoms with Gasteiger partial charge in [-0.05, 0) is 24.3 Å². The van der Waals surface area contributed by atoms with Crippen molar-refractivity contribution in [3.8, 4) is 0 Å². The number of carbonyl (C=O) groups excluding carboxylic acids is 1. The number of nitrogens with zero attached hydrogens (tertiary/aromatic N) is 2. The van der Waals surface area contributed by atoms with Gasteiger partial charge in [-0.2, -0.15) is 4.98 Å². The zero-order valence-electron chi connectivity index (χ0n) is 9.77. The highest BCUT2D eigenvalue weighted by Crippen LogP contribution is 2.24. The third kappa shape index (κ3) is 2.58. The summed E-state index contributed by atoms with van der Waals surface area (Å²) < 4.78 is 0. The Morgan fingerprint density at radius 3 is 2.84 bits per heavy atom. The average molecular weight is 276 g/mol. The highest BCUT2D eigenvalue weighted by molar-refractivity contribution is 6.30. The topological polar surface area (TPSA) is 78.9 Å². The van der Waals surface area contributed by atoms with Crippen LogP contribution in [0.3, 0.4) is 0 Å². The van der Waals surface area contributed by atoms with Gasteiger partial charge in [0.05, 0.1) is 12.7 Å². The van der Waals surface area contributed by atoms with E-state index < -0.39 is 0 Å². The highest BCUT2D eigenvalue weighted by Gasteiger charge is 2.16. The van der Waals surface area contributed by atoms with Crippen LogP contribution in [0.15, 0.2) is 30.5 Å². The number of rotatable bonds is 2. The lowest BCUT2D eigenvalue weighted by Crippen LogP contribution is -2.28. The van der Waals surface area contributed by atoms with Crippen LogP contribution < -0.4 is 16.0 Å². The lowest BCUT2D eigenvalue weighted by molar-refractivity contribution is -0.114. The van der Waals surface area contributed by atoms with Crippen molar-refractivity contribution in [2.24, 2.45) is 0 Å². The normalized spacial score (nSPS) is 13.2. The van der Waals surface area contributed by atoms with Crippen molar-refractivity contribution in [3.05, 3.63) is 35.5 Å². The van der Waals surface area contributed by atoms with Gasteiger partial charge in [0, 0.05) is 10.7 Å². The zero-order valence-corrected chi connectivity index (χ0v) is 10.5. The fraction of sp³-hybridized carbons (Fsp3) is 0.0833. The molecule has 1 aliphatic rings. The van der Waals surface area contributed by atoms with Gasteiger partial charge >= 0.3 is 0 Å². The quantitative estimate of drug-likeness (QED) is 0.783. The second-order valence-corrected chi connectivity index (χ2v) is 4.43. The first kappa shape index (κ1) is 11.7. The maximum absolute atomic E-state index is 11.2. The molecule has 0 unspecified atom stereocenters. The van der Waals surface area contributed by atoms with Crippen LogP contribution in [0.1, 0.15) is 0 Å². The smallest absolute Gasteiger partial charge is 0.243 e. The molecule has 0 spiro atoms. The molecule has 3 N–H and O–H groups in total. The van der Waals surface area contributed by atoms with Crippen LogP contribution in [0.2, 0.25) is 5.02 Å². The molecule has 1 amide bonds. The van der Waals surface area contributed by atoms with Gasteiger partial charge in [-0.1, -0.05) is 11.6 Å². The Kier molecular flexibility index (Phi) is 2.92. The molecule has 2 heterocycles. The van der Waals surface area contributed by atoms with Gasteiger partial charge in [0.15, 0.2) is 5.82 Å². The molecular formula is C12H10ClN5O. The molecule has 1 aromatic heterocycles. The standard InChI is InChI=1S/C12H10ClN5O/c13-7-1-3-8(4-2-7)16-12-15-5-9-11(18-12)14-6-10(19)17-9/h1-5H,6H2,(H,17,19)(H2,14,15,16,18). The van der Waals surface area contributed by atoms with E-state index in [1.807, 2.05) is 12.1 Å². The van der Waals surface area contributed by atoms with E-state index in [9.17, 15) is 4.79 Å². The number of amides is 1. The summed E-state index contributed by atoms with van der Waals surface area (Å²) in [6.07, 6.45) is 1.56. The minimum Gasteiger partial charge on any atom is -0.359 e. The van der Waals surface area contributed by atoms with Crippen LogP contribution in [-0.2, 0) is 4.79 Å². The monoisotopic (exact) mass is 275 g/mol. The summed E-state index contributed by atoms with van der Waals surface area (Å²) in [5.41, 5.74) is 1.42. The lowest BCUT2D eigenvalue weighted by Gasteiger charge is -2.17. The largest absolute Gasteiger partial charge is 0.359 e. The van der Waals surface area contributed by atoms with Gasteiger partial charge < -0.3 is 16.0 Å². The number of halogens is 1. The van der Waals surface area contributed by atoms with E-state index in [1.54, 1.807) is 18.3 Å². The third-order valence-corrected chi connectivity index (χ3v) is 2.83. The SMILES string of the molecule is O=C1CNc2nc(Nc3ccc(Cl)cc3)ncc2N1. The van der Waals surface area contributed by atoms with Crippen molar-refractivity contribution in [1.82, 2.24) is 9.97 Å². The fourth-order valence-corrected chi connectivity index (χ4v) is 1.81. The Balaban J connectivity index is 1.82. The fourth-order valence-electron chi connectivity index (χ4n) is 1.69. The van der Waals surface area contributed by atoms with Gasteiger partial charge in [-0.15, -0.1) is 0 Å². The zero-order chi connectivity index (χ0) is 13.2. The second-order valence-electron chi connectivity index (χ2n) is 3.99. The maximum atomic E-state index is 11.2. The van der Waals surface area contributed by atoms with Crippen LogP contribution in [0.4, 0.5) is 23.1 Å². The van der Waals surface area contributed by atoms with Gasteiger partial charge in [0.1, 0.15) is 5.69 Å². The predicted octanol–water partition coefficient (Wildman–Crippen LogP) is 2.24. The number of hydrogen-bond acceptors (Lipinski definition) is 5. The maximum Gasteiger partial charge on any atom is 0.243 e. The summed E-state index contributed by atoms with van der Waals surface area (Å²) in [5.74, 6) is 0.949. The molecule has 2 aromatic rings. The highest BCUT2D eigenvalue weighted by atomic mass is 35.5.